The smallest absolute Gasteiger partial charge is 0.282 e. The number of carbonyl (C=O) groups is 2. The Kier molecular flexibility index (Phi) is 9.19. The number of hydrogen-bond donors (Lipinski definition) is 2. The molecule has 2 N–H and O–H groups in total. The molecule has 3 heterocycles. The molecule has 3 aromatic carbocycles. The summed E-state index contributed by atoms with van der Waals surface area (Å²) in [5, 5.41) is 5.83. The number of nitrogens with zero attached hydrogens (tertiary/aromatic N) is 2. The molecule has 2 atom stereocenters. The maximum Gasteiger partial charge on any atom is 0.282 e. The van der Waals surface area contributed by atoms with Crippen LogP contribution in [0.5, 0.6) is 17.2 Å². The lowest BCUT2D eigenvalue weighted by molar-refractivity contribution is -0.123. The molecule has 11 nitrogen and oxygen atoms in total. The van der Waals surface area contributed by atoms with E-state index in [4.69, 9.17) is 14.2 Å². The van der Waals surface area contributed by atoms with Gasteiger partial charge in [0, 0.05) is 56.8 Å². The highest BCUT2D eigenvalue weighted by molar-refractivity contribution is 7.86. The van der Waals surface area contributed by atoms with E-state index in [-0.39, 0.29) is 38.7 Å². The highest BCUT2D eigenvalue weighted by Gasteiger charge is 2.39. The SMILES string of the molecule is COc1cc2ccc1CNC(=O)COc1cc(ccc1C)C(=O)N[C@H]1CN(S(=O)(=O)N(C)Cc3ccccc3)CC[C@H]1O2. The first-order chi connectivity index (χ1) is 20.6. The van der Waals surface area contributed by atoms with Crippen LogP contribution in [-0.2, 0) is 28.1 Å². The molecule has 228 valence electrons. The zero-order valence-electron chi connectivity index (χ0n) is 24.4. The number of benzene rings is 3. The molecule has 4 bridgehead atoms. The van der Waals surface area contributed by atoms with Crippen molar-refractivity contribution in [2.45, 2.75) is 38.6 Å². The molecule has 0 aromatic heterocycles. The Labute approximate surface area is 251 Å². The minimum Gasteiger partial charge on any atom is -0.496 e. The maximum absolute atomic E-state index is 13.6. The van der Waals surface area contributed by atoms with Crippen molar-refractivity contribution >= 4 is 22.0 Å². The van der Waals surface area contributed by atoms with Crippen molar-refractivity contribution in [2.24, 2.45) is 0 Å². The fourth-order valence-corrected chi connectivity index (χ4v) is 6.56. The van der Waals surface area contributed by atoms with Crippen LogP contribution in [-0.4, -0.2) is 74.8 Å². The lowest BCUT2D eigenvalue weighted by atomic mass is 10.0. The van der Waals surface area contributed by atoms with E-state index in [0.29, 0.717) is 29.2 Å². The van der Waals surface area contributed by atoms with Crippen molar-refractivity contribution in [3.8, 4) is 17.2 Å². The van der Waals surface area contributed by atoms with Crippen LogP contribution in [0.4, 0.5) is 0 Å². The average Bonchev–Trinajstić information content (AvgIpc) is 3.00. The molecule has 12 heteroatoms. The number of nitrogens with one attached hydrogen (secondary N) is 2. The normalized spacial score (nSPS) is 19.8. The van der Waals surface area contributed by atoms with Crippen LogP contribution in [0.2, 0.25) is 0 Å². The summed E-state index contributed by atoms with van der Waals surface area (Å²) in [5.41, 5.74) is 2.69. The fourth-order valence-electron chi connectivity index (χ4n) is 5.16. The molecule has 0 aliphatic carbocycles. The quantitative estimate of drug-likeness (QED) is 0.456. The highest BCUT2D eigenvalue weighted by Crippen LogP contribution is 2.29. The summed E-state index contributed by atoms with van der Waals surface area (Å²) >= 11 is 0. The summed E-state index contributed by atoms with van der Waals surface area (Å²) in [6.07, 6.45) is -0.187. The van der Waals surface area contributed by atoms with E-state index < -0.39 is 28.3 Å². The van der Waals surface area contributed by atoms with E-state index >= 15 is 0 Å². The highest BCUT2D eigenvalue weighted by atomic mass is 32.2. The van der Waals surface area contributed by atoms with Gasteiger partial charge in [-0.05, 0) is 42.3 Å². The number of methoxy groups -OCH3 is 1. The molecule has 3 aliphatic heterocycles. The minimum atomic E-state index is -3.85. The van der Waals surface area contributed by atoms with E-state index in [9.17, 15) is 18.0 Å². The molecule has 1 saturated heterocycles. The summed E-state index contributed by atoms with van der Waals surface area (Å²) in [6.45, 7) is 2.25. The van der Waals surface area contributed by atoms with Crippen LogP contribution >= 0.6 is 0 Å². The van der Waals surface area contributed by atoms with Gasteiger partial charge in [0.1, 0.15) is 23.4 Å². The van der Waals surface area contributed by atoms with Gasteiger partial charge in [-0.3, -0.25) is 9.59 Å². The molecule has 0 spiro atoms. The van der Waals surface area contributed by atoms with Crippen molar-refractivity contribution in [3.63, 3.8) is 0 Å². The van der Waals surface area contributed by atoms with E-state index in [1.807, 2.05) is 37.3 Å². The molecule has 2 amide bonds. The Bertz CT molecular complexity index is 1580. The van der Waals surface area contributed by atoms with Crippen molar-refractivity contribution < 1.29 is 32.2 Å². The summed E-state index contributed by atoms with van der Waals surface area (Å²) in [6, 6.07) is 19.0. The van der Waals surface area contributed by atoms with Crippen LogP contribution in [0.15, 0.2) is 66.7 Å². The summed E-state index contributed by atoms with van der Waals surface area (Å²) < 4.78 is 47.6. The zero-order chi connectivity index (χ0) is 30.6. The monoisotopic (exact) mass is 608 g/mol. The van der Waals surface area contributed by atoms with Gasteiger partial charge in [-0.15, -0.1) is 0 Å². The van der Waals surface area contributed by atoms with Crippen molar-refractivity contribution in [1.82, 2.24) is 19.2 Å². The van der Waals surface area contributed by atoms with E-state index in [0.717, 1.165) is 16.7 Å². The predicted octanol–water partition coefficient (Wildman–Crippen LogP) is 2.64. The standard InChI is InChI=1S/C31H36N4O7S/c1-21-9-10-23-15-28(21)41-20-30(36)32-17-24-11-12-25(16-29(24)40-3)42-27-13-14-35(19-26(27)33-31(23)37)43(38,39)34(2)18-22-7-5-4-6-8-22/h4-12,15-16,26-27H,13-14,17-20H2,1-3H3,(H,32,36)(H,33,37)/t26-,27+/m0/s1. The van der Waals surface area contributed by atoms with Gasteiger partial charge in [0.15, 0.2) is 6.61 Å². The Morgan fingerprint density at radius 3 is 2.63 bits per heavy atom. The van der Waals surface area contributed by atoms with Gasteiger partial charge >= 0.3 is 0 Å². The topological polar surface area (TPSA) is 127 Å². The van der Waals surface area contributed by atoms with E-state index in [1.54, 1.807) is 43.4 Å². The summed E-state index contributed by atoms with van der Waals surface area (Å²) in [5.74, 6) is 0.678. The Morgan fingerprint density at radius 1 is 1.07 bits per heavy atom. The van der Waals surface area contributed by atoms with E-state index in [2.05, 4.69) is 10.6 Å². The van der Waals surface area contributed by atoms with Crippen molar-refractivity contribution in [1.29, 1.82) is 0 Å². The first-order valence-electron chi connectivity index (χ1n) is 14.0. The number of ether oxygens (including phenoxy) is 3. The van der Waals surface area contributed by atoms with Gasteiger partial charge in [0.05, 0.1) is 13.2 Å². The van der Waals surface area contributed by atoms with Crippen LogP contribution in [0, 0.1) is 6.92 Å². The third kappa shape index (κ3) is 7.10. The van der Waals surface area contributed by atoms with Gasteiger partial charge in [-0.1, -0.05) is 36.4 Å². The Balaban J connectivity index is 1.44. The maximum atomic E-state index is 13.6. The molecule has 3 aliphatic rings. The number of amides is 2. The number of rotatable bonds is 5. The number of fused-ring (bicyclic) bond motifs is 7. The minimum absolute atomic E-state index is 0.0146. The van der Waals surface area contributed by atoms with Crippen LogP contribution in [0.3, 0.4) is 0 Å². The van der Waals surface area contributed by atoms with Crippen molar-refractivity contribution in [3.05, 3.63) is 89.0 Å². The molecule has 43 heavy (non-hydrogen) atoms. The van der Waals surface area contributed by atoms with Gasteiger partial charge in [-0.25, -0.2) is 0 Å². The third-order valence-electron chi connectivity index (χ3n) is 7.63. The Morgan fingerprint density at radius 2 is 1.86 bits per heavy atom. The van der Waals surface area contributed by atoms with Crippen molar-refractivity contribution in [2.75, 3.05) is 33.9 Å². The van der Waals surface area contributed by atoms with Gasteiger partial charge < -0.3 is 24.8 Å². The number of hydrogen-bond acceptors (Lipinski definition) is 7. The third-order valence-corrected chi connectivity index (χ3v) is 9.53. The van der Waals surface area contributed by atoms with Gasteiger partial charge in [-0.2, -0.15) is 17.0 Å². The van der Waals surface area contributed by atoms with E-state index in [1.165, 1.54) is 15.7 Å². The second kappa shape index (κ2) is 13.0. The number of aryl methyl sites for hydroxylation is 1. The van der Waals surface area contributed by atoms with Gasteiger partial charge in [0.2, 0.25) is 0 Å². The lowest BCUT2D eigenvalue weighted by Gasteiger charge is -2.39. The summed E-state index contributed by atoms with van der Waals surface area (Å²) in [7, 11) is -0.767. The fraction of sp³-hybridized carbons (Fsp3) is 0.355. The zero-order valence-corrected chi connectivity index (χ0v) is 25.2. The predicted molar refractivity (Wildman–Crippen MR) is 160 cm³/mol. The lowest BCUT2D eigenvalue weighted by Crippen LogP contribution is -2.59. The molecule has 0 unspecified atom stereocenters. The van der Waals surface area contributed by atoms with Crippen LogP contribution < -0.4 is 24.8 Å². The molecular weight excluding hydrogens is 572 g/mol. The first kappa shape index (κ1) is 30.3. The van der Waals surface area contributed by atoms with Gasteiger partial charge in [0.25, 0.3) is 22.0 Å². The molecule has 1 fully saturated rings. The first-order valence-corrected chi connectivity index (χ1v) is 15.4. The molecule has 0 saturated carbocycles. The molecule has 3 aromatic rings. The molecular formula is C31H36N4O7S. The Hall–Kier alpha value is -4.13. The molecule has 0 radical (unpaired) electrons. The number of carbonyl (C=O) groups excluding carboxylic acids is 2. The second-order valence-corrected chi connectivity index (χ2v) is 12.7. The van der Waals surface area contributed by atoms with Crippen LogP contribution in [0.25, 0.3) is 0 Å². The number of piperidine rings is 1. The largest absolute Gasteiger partial charge is 0.496 e. The summed E-state index contributed by atoms with van der Waals surface area (Å²) in [4.78, 5) is 26.0. The molecule has 6 rings (SSSR count). The van der Waals surface area contributed by atoms with Crippen LogP contribution in [0.1, 0.15) is 33.5 Å². The average molecular weight is 609 g/mol. The second-order valence-electron chi connectivity index (χ2n) is 10.7.